The van der Waals surface area contributed by atoms with Crippen LogP contribution < -0.4 is 0 Å². The Kier molecular flexibility index (Phi) is 3.99. The summed E-state index contributed by atoms with van der Waals surface area (Å²) in [5.74, 6) is 0.906. The van der Waals surface area contributed by atoms with E-state index in [9.17, 15) is 5.11 Å². The maximum Gasteiger partial charge on any atom is 0.111 e. The Hall–Kier alpha value is -1.62. The van der Waals surface area contributed by atoms with E-state index in [1.165, 1.54) is 0 Å². The molecule has 5 heteroatoms. The van der Waals surface area contributed by atoms with Crippen molar-refractivity contribution in [3.8, 4) is 0 Å². The molecule has 0 saturated carbocycles. The minimum absolute atomic E-state index is 0.0856. The van der Waals surface area contributed by atoms with Crippen LogP contribution in [0.15, 0.2) is 18.6 Å². The molecule has 0 spiro atoms. The minimum Gasteiger partial charge on any atom is -0.388 e. The van der Waals surface area contributed by atoms with Crippen molar-refractivity contribution in [2.75, 3.05) is 0 Å². The summed E-state index contributed by atoms with van der Waals surface area (Å²) in [6.45, 7) is 9.26. The van der Waals surface area contributed by atoms with Crippen molar-refractivity contribution in [1.82, 2.24) is 19.3 Å². The summed E-state index contributed by atoms with van der Waals surface area (Å²) >= 11 is 0. The zero-order valence-corrected chi connectivity index (χ0v) is 13.0. The van der Waals surface area contributed by atoms with Crippen molar-refractivity contribution < 1.29 is 5.11 Å². The third-order valence-corrected chi connectivity index (χ3v) is 3.44. The third-order valence-electron chi connectivity index (χ3n) is 3.44. The highest BCUT2D eigenvalue weighted by molar-refractivity contribution is 5.27. The first kappa shape index (κ1) is 14.8. The maximum atomic E-state index is 10.6. The summed E-state index contributed by atoms with van der Waals surface area (Å²) < 4.78 is 3.82. The van der Waals surface area contributed by atoms with Gasteiger partial charge in [0.15, 0.2) is 0 Å². The molecule has 1 N–H and O–H groups in total. The summed E-state index contributed by atoms with van der Waals surface area (Å²) in [6, 6.07) is 0. The second-order valence-corrected chi connectivity index (χ2v) is 6.21. The first-order valence-corrected chi connectivity index (χ1v) is 7.05. The Morgan fingerprint density at radius 1 is 1.35 bits per heavy atom. The van der Waals surface area contributed by atoms with Crippen LogP contribution in [0.4, 0.5) is 0 Å². The fourth-order valence-electron chi connectivity index (χ4n) is 2.43. The molecule has 0 fully saturated rings. The van der Waals surface area contributed by atoms with E-state index >= 15 is 0 Å². The lowest BCUT2D eigenvalue weighted by atomic mass is 9.87. The van der Waals surface area contributed by atoms with Crippen molar-refractivity contribution in [2.24, 2.45) is 7.05 Å². The SMILES string of the molecule is CCn1ccnc1CC(O)c1cn(C)nc1C(C)(C)C. The van der Waals surface area contributed by atoms with Gasteiger partial charge in [-0.1, -0.05) is 20.8 Å². The number of hydrogen-bond acceptors (Lipinski definition) is 3. The summed E-state index contributed by atoms with van der Waals surface area (Å²) in [6.07, 6.45) is 5.56. The van der Waals surface area contributed by atoms with Crippen LogP contribution in [0.25, 0.3) is 0 Å². The number of nitrogens with zero attached hydrogens (tertiary/aromatic N) is 4. The number of aryl methyl sites for hydroxylation is 2. The molecular formula is C15H24N4O. The quantitative estimate of drug-likeness (QED) is 0.931. The predicted octanol–water partition coefficient (Wildman–Crippen LogP) is 2.21. The third kappa shape index (κ3) is 2.93. The second kappa shape index (κ2) is 5.40. The van der Waals surface area contributed by atoms with Crippen molar-refractivity contribution in [3.63, 3.8) is 0 Å². The van der Waals surface area contributed by atoms with Gasteiger partial charge in [0, 0.05) is 49.6 Å². The minimum atomic E-state index is -0.578. The van der Waals surface area contributed by atoms with Crippen molar-refractivity contribution in [1.29, 1.82) is 0 Å². The van der Waals surface area contributed by atoms with E-state index < -0.39 is 6.10 Å². The van der Waals surface area contributed by atoms with E-state index in [1.54, 1.807) is 10.9 Å². The zero-order valence-electron chi connectivity index (χ0n) is 13.0. The molecule has 0 aliphatic carbocycles. The molecule has 1 atom stereocenters. The number of imidazole rings is 1. The van der Waals surface area contributed by atoms with Crippen LogP contribution in [0, 0.1) is 0 Å². The second-order valence-electron chi connectivity index (χ2n) is 6.21. The molecule has 0 saturated heterocycles. The van der Waals surface area contributed by atoms with E-state index in [1.807, 2.05) is 19.4 Å². The Labute approximate surface area is 120 Å². The van der Waals surface area contributed by atoms with Crippen molar-refractivity contribution in [2.45, 2.75) is 52.2 Å². The summed E-state index contributed by atoms with van der Waals surface area (Å²) in [7, 11) is 1.89. The lowest BCUT2D eigenvalue weighted by Crippen LogP contribution is -2.17. The molecular weight excluding hydrogens is 252 g/mol. The van der Waals surface area contributed by atoms with Crippen LogP contribution in [-0.4, -0.2) is 24.4 Å². The number of aromatic nitrogens is 4. The fraction of sp³-hybridized carbons (Fsp3) is 0.600. The average Bonchev–Trinajstić information content (AvgIpc) is 2.94. The lowest BCUT2D eigenvalue weighted by molar-refractivity contribution is 0.172. The van der Waals surface area contributed by atoms with E-state index in [4.69, 9.17) is 0 Å². The van der Waals surface area contributed by atoms with Crippen LogP contribution in [0.5, 0.6) is 0 Å². The number of hydrogen-bond donors (Lipinski definition) is 1. The smallest absolute Gasteiger partial charge is 0.111 e. The van der Waals surface area contributed by atoms with Crippen LogP contribution in [0.2, 0.25) is 0 Å². The van der Waals surface area contributed by atoms with Crippen LogP contribution in [0.3, 0.4) is 0 Å². The van der Waals surface area contributed by atoms with E-state index in [2.05, 4.69) is 42.3 Å². The van der Waals surface area contributed by atoms with Gasteiger partial charge < -0.3 is 9.67 Å². The van der Waals surface area contributed by atoms with Gasteiger partial charge in [-0.3, -0.25) is 4.68 Å². The molecule has 20 heavy (non-hydrogen) atoms. The van der Waals surface area contributed by atoms with Gasteiger partial charge in [0.05, 0.1) is 11.8 Å². The van der Waals surface area contributed by atoms with Gasteiger partial charge in [-0.2, -0.15) is 5.10 Å². The largest absolute Gasteiger partial charge is 0.388 e. The first-order valence-electron chi connectivity index (χ1n) is 7.05. The predicted molar refractivity (Wildman–Crippen MR) is 78.5 cm³/mol. The Bertz CT molecular complexity index is 577. The summed E-state index contributed by atoms with van der Waals surface area (Å²) in [4.78, 5) is 4.33. The van der Waals surface area contributed by atoms with Gasteiger partial charge in [-0.05, 0) is 6.92 Å². The number of aliphatic hydroxyl groups excluding tert-OH is 1. The number of aliphatic hydroxyl groups is 1. The molecule has 110 valence electrons. The fourth-order valence-corrected chi connectivity index (χ4v) is 2.43. The van der Waals surface area contributed by atoms with Gasteiger partial charge in [-0.15, -0.1) is 0 Å². The molecule has 2 rings (SSSR count). The Morgan fingerprint density at radius 2 is 2.05 bits per heavy atom. The molecule has 0 amide bonds. The summed E-state index contributed by atoms with van der Waals surface area (Å²) in [5, 5.41) is 15.1. The monoisotopic (exact) mass is 276 g/mol. The lowest BCUT2D eigenvalue weighted by Gasteiger charge is -2.20. The van der Waals surface area contributed by atoms with Gasteiger partial charge in [0.1, 0.15) is 5.82 Å². The molecule has 2 heterocycles. The van der Waals surface area contributed by atoms with Crippen LogP contribution in [-0.2, 0) is 25.4 Å². The average molecular weight is 276 g/mol. The van der Waals surface area contributed by atoms with Gasteiger partial charge in [-0.25, -0.2) is 4.98 Å². The number of rotatable bonds is 4. The van der Waals surface area contributed by atoms with Gasteiger partial charge >= 0.3 is 0 Å². The molecule has 0 aromatic carbocycles. The van der Waals surface area contributed by atoms with E-state index in [0.717, 1.165) is 23.6 Å². The van der Waals surface area contributed by atoms with E-state index in [-0.39, 0.29) is 5.41 Å². The highest BCUT2D eigenvalue weighted by atomic mass is 16.3. The standard InChI is InChI=1S/C15H24N4O/c1-6-19-8-7-16-13(19)9-12(20)11-10-18(5)17-14(11)15(2,3)4/h7-8,10,12,20H,6,9H2,1-5H3. The Morgan fingerprint density at radius 3 is 2.65 bits per heavy atom. The topological polar surface area (TPSA) is 55.9 Å². The Balaban J connectivity index is 2.28. The first-order chi connectivity index (χ1) is 9.32. The van der Waals surface area contributed by atoms with Gasteiger partial charge in [0.2, 0.25) is 0 Å². The molecule has 0 aliphatic heterocycles. The normalized spacial score (nSPS) is 13.7. The molecule has 5 nitrogen and oxygen atoms in total. The van der Waals surface area contributed by atoms with Crippen LogP contribution >= 0.6 is 0 Å². The maximum absolute atomic E-state index is 10.6. The summed E-state index contributed by atoms with van der Waals surface area (Å²) in [5.41, 5.74) is 1.75. The van der Waals surface area contributed by atoms with Crippen molar-refractivity contribution in [3.05, 3.63) is 35.7 Å². The van der Waals surface area contributed by atoms with E-state index in [0.29, 0.717) is 6.42 Å². The molecule has 0 bridgehead atoms. The highest BCUT2D eigenvalue weighted by Gasteiger charge is 2.26. The highest BCUT2D eigenvalue weighted by Crippen LogP contribution is 2.29. The van der Waals surface area contributed by atoms with Crippen LogP contribution in [0.1, 0.15) is 50.9 Å². The van der Waals surface area contributed by atoms with Crippen molar-refractivity contribution >= 4 is 0 Å². The molecule has 2 aromatic heterocycles. The van der Waals surface area contributed by atoms with Gasteiger partial charge in [0.25, 0.3) is 0 Å². The molecule has 0 radical (unpaired) electrons. The zero-order chi connectivity index (χ0) is 14.9. The molecule has 1 unspecified atom stereocenters. The molecule has 2 aromatic rings. The molecule has 0 aliphatic rings.